The summed E-state index contributed by atoms with van der Waals surface area (Å²) in [5.41, 5.74) is 3.14. The fourth-order valence-electron chi connectivity index (χ4n) is 3.07. The molecule has 0 bridgehead atoms. The molecule has 0 aromatic heterocycles. The van der Waals surface area contributed by atoms with Crippen molar-refractivity contribution < 1.29 is 9.59 Å². The van der Waals surface area contributed by atoms with E-state index in [2.05, 4.69) is 15.5 Å². The lowest BCUT2D eigenvalue weighted by Crippen LogP contribution is -2.37. The van der Waals surface area contributed by atoms with Crippen LogP contribution >= 0.6 is 0 Å². The van der Waals surface area contributed by atoms with Crippen molar-refractivity contribution in [2.24, 2.45) is 0 Å². The molecular formula is C25H27N3O2. The zero-order valence-electron chi connectivity index (χ0n) is 17.3. The number of hydrogen-bond donors (Lipinski definition) is 2. The van der Waals surface area contributed by atoms with Gasteiger partial charge in [0.25, 0.3) is 11.8 Å². The molecule has 0 aliphatic rings. The number of carbonyl (C=O) groups excluding carboxylic acids is 2. The van der Waals surface area contributed by atoms with Crippen molar-refractivity contribution in [2.75, 3.05) is 26.0 Å². The minimum absolute atomic E-state index is 0.286. The summed E-state index contributed by atoms with van der Waals surface area (Å²) in [6, 6.07) is 25.1. The first kappa shape index (κ1) is 21.3. The largest absolute Gasteiger partial charge is 0.336 e. The van der Waals surface area contributed by atoms with Crippen molar-refractivity contribution >= 4 is 17.5 Å². The third kappa shape index (κ3) is 6.03. The molecule has 2 N–H and O–H groups in total. The quantitative estimate of drug-likeness (QED) is 0.602. The summed E-state index contributed by atoms with van der Waals surface area (Å²) in [6.45, 7) is 0.966. The number of benzene rings is 3. The number of nitrogens with one attached hydrogen (secondary N) is 2. The van der Waals surface area contributed by atoms with Crippen LogP contribution in [0.2, 0.25) is 0 Å². The summed E-state index contributed by atoms with van der Waals surface area (Å²) in [7, 11) is 4.09. The number of amides is 2. The first-order valence-electron chi connectivity index (χ1n) is 9.98. The normalized spacial score (nSPS) is 11.7. The highest BCUT2D eigenvalue weighted by Gasteiger charge is 2.23. The van der Waals surface area contributed by atoms with Gasteiger partial charge in [0.1, 0.15) is 6.04 Å². The maximum atomic E-state index is 13.0. The standard InChI is InChI=1S/C25H27N3O2/c1-28(2)18-17-19-13-15-22(16-14-19)26-25(30)23(20-9-5-3-6-10-20)27-24(29)21-11-7-4-8-12-21/h3-16,23H,17-18H2,1-2H3,(H,26,30)(H,27,29). The van der Waals surface area contributed by atoms with Crippen LogP contribution in [0, 0.1) is 0 Å². The Hall–Kier alpha value is -3.44. The number of hydrogen-bond acceptors (Lipinski definition) is 3. The highest BCUT2D eigenvalue weighted by atomic mass is 16.2. The molecular weight excluding hydrogens is 374 g/mol. The Morgan fingerprint density at radius 3 is 2.03 bits per heavy atom. The van der Waals surface area contributed by atoms with Crippen LogP contribution in [-0.4, -0.2) is 37.4 Å². The van der Waals surface area contributed by atoms with E-state index in [-0.39, 0.29) is 11.8 Å². The molecule has 3 aromatic carbocycles. The summed E-state index contributed by atoms with van der Waals surface area (Å²) >= 11 is 0. The van der Waals surface area contributed by atoms with Crippen molar-refractivity contribution in [3.63, 3.8) is 0 Å². The van der Waals surface area contributed by atoms with Crippen molar-refractivity contribution in [3.8, 4) is 0 Å². The van der Waals surface area contributed by atoms with Crippen LogP contribution in [0.3, 0.4) is 0 Å². The van der Waals surface area contributed by atoms with Crippen molar-refractivity contribution in [3.05, 3.63) is 102 Å². The highest BCUT2D eigenvalue weighted by molar-refractivity contribution is 6.01. The van der Waals surface area contributed by atoms with Gasteiger partial charge in [-0.2, -0.15) is 0 Å². The monoisotopic (exact) mass is 401 g/mol. The SMILES string of the molecule is CN(C)CCc1ccc(NC(=O)C(NC(=O)c2ccccc2)c2ccccc2)cc1. The van der Waals surface area contributed by atoms with Crippen LogP contribution in [0.5, 0.6) is 0 Å². The smallest absolute Gasteiger partial charge is 0.252 e. The zero-order valence-corrected chi connectivity index (χ0v) is 17.3. The van der Waals surface area contributed by atoms with Gasteiger partial charge in [-0.05, 0) is 55.9 Å². The fourth-order valence-corrected chi connectivity index (χ4v) is 3.07. The van der Waals surface area contributed by atoms with E-state index in [9.17, 15) is 9.59 Å². The van der Waals surface area contributed by atoms with Gasteiger partial charge in [0.05, 0.1) is 0 Å². The average molecular weight is 402 g/mol. The predicted octanol–water partition coefficient (Wildman–Crippen LogP) is 3.90. The highest BCUT2D eigenvalue weighted by Crippen LogP contribution is 2.18. The molecule has 0 saturated heterocycles. The van der Waals surface area contributed by atoms with Gasteiger partial charge in [-0.1, -0.05) is 60.7 Å². The summed E-state index contributed by atoms with van der Waals surface area (Å²) < 4.78 is 0. The van der Waals surface area contributed by atoms with E-state index in [1.54, 1.807) is 24.3 Å². The second kappa shape index (κ2) is 10.4. The van der Waals surface area contributed by atoms with Gasteiger partial charge in [0, 0.05) is 17.8 Å². The number of likely N-dealkylation sites (N-methyl/N-ethyl adjacent to an activating group) is 1. The average Bonchev–Trinajstić information content (AvgIpc) is 2.78. The number of rotatable bonds is 8. The molecule has 0 aliphatic heterocycles. The topological polar surface area (TPSA) is 61.4 Å². The number of carbonyl (C=O) groups is 2. The fraction of sp³-hybridized carbons (Fsp3) is 0.200. The van der Waals surface area contributed by atoms with Crippen LogP contribution in [0.4, 0.5) is 5.69 Å². The summed E-state index contributed by atoms with van der Waals surface area (Å²) in [4.78, 5) is 27.8. The summed E-state index contributed by atoms with van der Waals surface area (Å²) in [6.07, 6.45) is 0.945. The van der Waals surface area contributed by atoms with Crippen LogP contribution in [0.1, 0.15) is 27.5 Å². The van der Waals surface area contributed by atoms with E-state index in [0.717, 1.165) is 18.5 Å². The molecule has 3 aromatic rings. The molecule has 1 atom stereocenters. The lowest BCUT2D eigenvalue weighted by atomic mass is 10.0. The Morgan fingerprint density at radius 2 is 1.43 bits per heavy atom. The van der Waals surface area contributed by atoms with E-state index in [1.807, 2.05) is 74.8 Å². The molecule has 30 heavy (non-hydrogen) atoms. The van der Waals surface area contributed by atoms with Crippen LogP contribution in [-0.2, 0) is 11.2 Å². The van der Waals surface area contributed by atoms with Gasteiger partial charge < -0.3 is 15.5 Å². The van der Waals surface area contributed by atoms with Gasteiger partial charge in [-0.25, -0.2) is 0 Å². The van der Waals surface area contributed by atoms with Crippen molar-refractivity contribution in [2.45, 2.75) is 12.5 Å². The molecule has 5 heteroatoms. The van der Waals surface area contributed by atoms with Gasteiger partial charge in [-0.15, -0.1) is 0 Å². The molecule has 0 heterocycles. The molecule has 5 nitrogen and oxygen atoms in total. The second-order valence-corrected chi connectivity index (χ2v) is 7.42. The third-order valence-corrected chi connectivity index (χ3v) is 4.78. The van der Waals surface area contributed by atoms with E-state index in [0.29, 0.717) is 11.3 Å². The molecule has 1 unspecified atom stereocenters. The second-order valence-electron chi connectivity index (χ2n) is 7.42. The first-order chi connectivity index (χ1) is 14.5. The van der Waals surface area contributed by atoms with E-state index >= 15 is 0 Å². The van der Waals surface area contributed by atoms with E-state index in [1.165, 1.54) is 5.56 Å². The Bertz CT molecular complexity index is 955. The molecule has 0 saturated carbocycles. The third-order valence-electron chi connectivity index (χ3n) is 4.78. The van der Waals surface area contributed by atoms with Crippen LogP contribution in [0.15, 0.2) is 84.9 Å². The lowest BCUT2D eigenvalue weighted by Gasteiger charge is -2.19. The molecule has 0 radical (unpaired) electrons. The van der Waals surface area contributed by atoms with Crippen LogP contribution < -0.4 is 10.6 Å². The molecule has 3 rings (SSSR count). The predicted molar refractivity (Wildman–Crippen MR) is 120 cm³/mol. The summed E-state index contributed by atoms with van der Waals surface area (Å²) in [5.74, 6) is -0.579. The zero-order chi connectivity index (χ0) is 21.3. The van der Waals surface area contributed by atoms with Gasteiger partial charge in [0.15, 0.2) is 0 Å². The van der Waals surface area contributed by atoms with Gasteiger partial charge in [-0.3, -0.25) is 9.59 Å². The Morgan fingerprint density at radius 1 is 0.833 bits per heavy atom. The number of nitrogens with zero attached hydrogens (tertiary/aromatic N) is 1. The molecule has 0 fully saturated rings. The Kier molecular flexibility index (Phi) is 7.35. The summed E-state index contributed by atoms with van der Waals surface area (Å²) in [5, 5.41) is 5.78. The number of anilines is 1. The Labute approximate surface area is 177 Å². The molecule has 0 aliphatic carbocycles. The molecule has 0 spiro atoms. The maximum absolute atomic E-state index is 13.0. The minimum atomic E-state index is -0.799. The van der Waals surface area contributed by atoms with Gasteiger partial charge >= 0.3 is 0 Å². The van der Waals surface area contributed by atoms with Crippen molar-refractivity contribution in [1.82, 2.24) is 10.2 Å². The van der Waals surface area contributed by atoms with Crippen molar-refractivity contribution in [1.29, 1.82) is 0 Å². The van der Waals surface area contributed by atoms with Crippen LogP contribution in [0.25, 0.3) is 0 Å². The molecule has 154 valence electrons. The lowest BCUT2D eigenvalue weighted by molar-refractivity contribution is -0.118. The van der Waals surface area contributed by atoms with E-state index in [4.69, 9.17) is 0 Å². The van der Waals surface area contributed by atoms with E-state index < -0.39 is 6.04 Å². The minimum Gasteiger partial charge on any atom is -0.336 e. The maximum Gasteiger partial charge on any atom is 0.252 e. The Balaban J connectivity index is 1.73. The van der Waals surface area contributed by atoms with Gasteiger partial charge in [0.2, 0.25) is 0 Å². The molecule has 2 amide bonds. The first-order valence-corrected chi connectivity index (χ1v) is 9.98.